The molecule has 164 valence electrons. The van der Waals surface area contributed by atoms with Crippen molar-refractivity contribution in [3.63, 3.8) is 0 Å². The summed E-state index contributed by atoms with van der Waals surface area (Å²) in [5.41, 5.74) is 7.29. The van der Waals surface area contributed by atoms with Gasteiger partial charge in [0, 0.05) is 42.9 Å². The van der Waals surface area contributed by atoms with E-state index < -0.39 is 12.8 Å². The summed E-state index contributed by atoms with van der Waals surface area (Å²) in [6.45, 7) is 2.32. The Morgan fingerprint density at radius 3 is 2.57 bits per heavy atom. The number of alkyl halides is 3. The molecule has 2 aliphatic carbocycles. The maximum absolute atomic E-state index is 13.2. The van der Waals surface area contributed by atoms with E-state index in [2.05, 4.69) is 33.8 Å². The van der Waals surface area contributed by atoms with Gasteiger partial charge in [-0.3, -0.25) is 10.3 Å². The Morgan fingerprint density at radius 1 is 1.33 bits per heavy atom. The molecule has 0 amide bonds. The fourth-order valence-electron chi connectivity index (χ4n) is 5.04. The number of nitrogens with zero attached hydrogens (tertiary/aromatic N) is 2. The van der Waals surface area contributed by atoms with E-state index in [-0.39, 0.29) is 17.3 Å². The van der Waals surface area contributed by atoms with Crippen molar-refractivity contribution in [3.05, 3.63) is 29.6 Å². The van der Waals surface area contributed by atoms with E-state index >= 15 is 0 Å². The Balaban J connectivity index is 1.46. The summed E-state index contributed by atoms with van der Waals surface area (Å²) < 4.78 is 42.7. The van der Waals surface area contributed by atoms with Crippen LogP contribution in [0.3, 0.4) is 0 Å². The molecule has 0 bridgehead atoms. The average Bonchev–Trinajstić information content (AvgIpc) is 3.13. The summed E-state index contributed by atoms with van der Waals surface area (Å²) in [5.74, 6) is 1.20. The minimum atomic E-state index is -3.00. The molecule has 9 heteroatoms. The Hall–Kier alpha value is -2.13. The maximum atomic E-state index is 13.2. The van der Waals surface area contributed by atoms with Gasteiger partial charge in [-0.2, -0.15) is 8.78 Å². The molecule has 30 heavy (non-hydrogen) atoms. The highest BCUT2D eigenvalue weighted by molar-refractivity contribution is 6.07. The molecule has 3 aliphatic rings. The lowest BCUT2D eigenvalue weighted by Crippen LogP contribution is -2.87. The molecule has 1 aromatic heterocycles. The predicted octanol–water partition coefficient (Wildman–Crippen LogP) is 2.17. The highest BCUT2D eigenvalue weighted by Gasteiger charge is 2.60. The van der Waals surface area contributed by atoms with Gasteiger partial charge in [-0.05, 0) is 44.6 Å². The first kappa shape index (κ1) is 21.1. The maximum Gasteiger partial charge on any atom is 0.387 e. The molecule has 0 spiro atoms. The van der Waals surface area contributed by atoms with Crippen LogP contribution in [0.1, 0.15) is 32.3 Å². The van der Waals surface area contributed by atoms with E-state index in [0.29, 0.717) is 48.5 Å². The molecule has 1 saturated heterocycles. The first-order chi connectivity index (χ1) is 14.2. The van der Waals surface area contributed by atoms with E-state index in [4.69, 9.17) is 11.1 Å². The monoisotopic (exact) mass is 424 g/mol. The zero-order chi connectivity index (χ0) is 21.6. The smallest absolute Gasteiger partial charge is 0.387 e. The fourth-order valence-corrected chi connectivity index (χ4v) is 5.04. The first-order valence-electron chi connectivity index (χ1n) is 10.5. The third-order valence-electron chi connectivity index (χ3n) is 6.43. The number of halogens is 3. The molecule has 1 aliphatic heterocycles. The molecule has 4 rings (SSSR count). The van der Waals surface area contributed by atoms with Crippen LogP contribution in [0.15, 0.2) is 24.0 Å². The zero-order valence-electron chi connectivity index (χ0n) is 17.2. The third kappa shape index (κ3) is 4.32. The van der Waals surface area contributed by atoms with Crippen molar-refractivity contribution in [2.75, 3.05) is 18.8 Å². The normalized spacial score (nSPS) is 29.2. The number of quaternary nitrogens is 1. The first-order valence-corrected chi connectivity index (χ1v) is 10.5. The number of allylic oxidation sites excluding steroid dienone is 2. The molecule has 0 radical (unpaired) electrons. The number of ether oxygens (including phenoxy) is 1. The molecule has 6 nitrogen and oxygen atoms in total. The SMILES string of the molecule is CC(C)[NH2+]C(=CC(=N)c1cnc(N)c(OC(F)F)c1)C1C2CC(N3CC(F)C3)CC21. The Kier molecular flexibility index (Phi) is 5.76. The molecular weight excluding hydrogens is 395 g/mol. The largest absolute Gasteiger partial charge is 0.431 e. The van der Waals surface area contributed by atoms with Crippen molar-refractivity contribution >= 4 is 11.5 Å². The lowest BCUT2D eigenvalue weighted by molar-refractivity contribution is -0.640. The second-order valence-corrected chi connectivity index (χ2v) is 8.98. The van der Waals surface area contributed by atoms with Gasteiger partial charge in [0.2, 0.25) is 0 Å². The summed E-state index contributed by atoms with van der Waals surface area (Å²) >= 11 is 0. The van der Waals surface area contributed by atoms with Gasteiger partial charge in [-0.1, -0.05) is 0 Å². The number of nitrogens with two attached hydrogens (primary N) is 2. The Morgan fingerprint density at radius 2 is 2.00 bits per heavy atom. The number of hydrogen-bond donors (Lipinski definition) is 3. The highest BCUT2D eigenvalue weighted by atomic mass is 19.3. The molecule has 2 saturated carbocycles. The van der Waals surface area contributed by atoms with E-state index in [9.17, 15) is 13.2 Å². The van der Waals surface area contributed by atoms with E-state index in [1.807, 2.05) is 6.08 Å². The Bertz CT molecular complexity index is 828. The number of aromatic nitrogens is 1. The second-order valence-electron chi connectivity index (χ2n) is 8.98. The van der Waals surface area contributed by atoms with Gasteiger partial charge in [0.05, 0.1) is 11.8 Å². The quantitative estimate of drug-likeness (QED) is 0.558. The van der Waals surface area contributed by atoms with Crippen molar-refractivity contribution in [3.8, 4) is 5.75 Å². The molecule has 5 N–H and O–H groups in total. The molecule has 0 aromatic carbocycles. The van der Waals surface area contributed by atoms with E-state index in [1.54, 1.807) is 0 Å². The van der Waals surface area contributed by atoms with Crippen molar-refractivity contribution in [2.45, 2.75) is 51.6 Å². The summed E-state index contributed by atoms with van der Waals surface area (Å²) in [7, 11) is 0. The van der Waals surface area contributed by atoms with Crippen LogP contribution in [0.4, 0.5) is 19.0 Å². The minimum absolute atomic E-state index is 0.130. The van der Waals surface area contributed by atoms with Gasteiger partial charge in [0.25, 0.3) is 0 Å². The summed E-state index contributed by atoms with van der Waals surface area (Å²) in [4.78, 5) is 6.14. The number of nitrogen functional groups attached to an aromatic ring is 1. The van der Waals surface area contributed by atoms with Crippen LogP contribution >= 0.6 is 0 Å². The van der Waals surface area contributed by atoms with Crippen LogP contribution in [0, 0.1) is 23.2 Å². The molecule has 1 aromatic rings. The summed E-state index contributed by atoms with van der Waals surface area (Å²) in [5, 5.41) is 10.7. The molecular formula is C21H29F3N5O+. The minimum Gasteiger partial charge on any atom is -0.431 e. The Labute approximate surface area is 174 Å². The summed E-state index contributed by atoms with van der Waals surface area (Å²) in [6, 6.07) is 2.14. The van der Waals surface area contributed by atoms with E-state index in [0.717, 1.165) is 18.5 Å². The van der Waals surface area contributed by atoms with Gasteiger partial charge < -0.3 is 15.8 Å². The fraction of sp³-hybridized carbons (Fsp3) is 0.619. The number of nitrogens with one attached hydrogen (secondary N) is 1. The van der Waals surface area contributed by atoms with Gasteiger partial charge in [-0.15, -0.1) is 0 Å². The van der Waals surface area contributed by atoms with Crippen LogP contribution in [-0.2, 0) is 0 Å². The highest BCUT2D eigenvalue weighted by Crippen LogP contribution is 2.60. The van der Waals surface area contributed by atoms with Gasteiger partial charge in [0.1, 0.15) is 11.9 Å². The number of rotatable bonds is 8. The van der Waals surface area contributed by atoms with Gasteiger partial charge in [-0.25, -0.2) is 9.37 Å². The van der Waals surface area contributed by atoms with Crippen molar-refractivity contribution < 1.29 is 23.2 Å². The lowest BCUT2D eigenvalue weighted by Gasteiger charge is -2.40. The molecule has 2 heterocycles. The third-order valence-corrected chi connectivity index (χ3v) is 6.43. The van der Waals surface area contributed by atoms with Crippen molar-refractivity contribution in [1.82, 2.24) is 9.88 Å². The van der Waals surface area contributed by atoms with Gasteiger partial charge in [0.15, 0.2) is 11.6 Å². The lowest BCUT2D eigenvalue weighted by atomic mass is 9.98. The number of likely N-dealkylation sites (tertiary alicyclic amines) is 1. The van der Waals surface area contributed by atoms with Crippen LogP contribution in [0.25, 0.3) is 0 Å². The topological polar surface area (TPSA) is 91.8 Å². The number of fused-ring (bicyclic) bond motifs is 1. The number of anilines is 1. The van der Waals surface area contributed by atoms with Gasteiger partial charge >= 0.3 is 6.61 Å². The second kappa shape index (κ2) is 8.19. The van der Waals surface area contributed by atoms with E-state index in [1.165, 1.54) is 12.3 Å². The number of hydrogen-bond acceptors (Lipinski definition) is 5. The van der Waals surface area contributed by atoms with Crippen molar-refractivity contribution in [2.24, 2.45) is 17.8 Å². The van der Waals surface area contributed by atoms with Crippen LogP contribution in [-0.4, -0.2) is 53.6 Å². The zero-order valence-corrected chi connectivity index (χ0v) is 17.2. The van der Waals surface area contributed by atoms with Crippen LogP contribution in [0.5, 0.6) is 5.75 Å². The predicted molar refractivity (Wildman–Crippen MR) is 107 cm³/mol. The van der Waals surface area contributed by atoms with Crippen molar-refractivity contribution in [1.29, 1.82) is 5.41 Å². The average molecular weight is 424 g/mol. The molecule has 2 atom stereocenters. The van der Waals surface area contributed by atoms with Crippen LogP contribution in [0.2, 0.25) is 0 Å². The number of pyridine rings is 1. The summed E-state index contributed by atoms with van der Waals surface area (Å²) in [6.07, 6.45) is 4.71. The molecule has 2 unspecified atom stereocenters. The molecule has 3 fully saturated rings. The standard InChI is InChI=1S/C21H28F3N5O/c1-10(2)28-17(19-14-4-13(5-15(14)19)29-8-12(22)9-29)6-16(25)11-3-18(30-21(23)24)20(26)27-7-11/h3,6-7,10,12-15,19,21,25,28H,4-5,8-9H2,1-2H3,(H2,26,27)/p+1. The van der Waals surface area contributed by atoms with Crippen LogP contribution < -0.4 is 15.8 Å².